The van der Waals surface area contributed by atoms with Crippen molar-refractivity contribution >= 4 is 17.7 Å². The molecular weight excluding hydrogens is 258 g/mol. The van der Waals surface area contributed by atoms with Crippen LogP contribution in [0.25, 0.3) is 0 Å². The first-order valence-corrected chi connectivity index (χ1v) is 8.70. The molecule has 0 aliphatic carbocycles. The van der Waals surface area contributed by atoms with Crippen molar-refractivity contribution in [2.24, 2.45) is 0 Å². The quantitative estimate of drug-likeness (QED) is 0.628. The van der Waals surface area contributed by atoms with Gasteiger partial charge in [-0.25, -0.2) is 0 Å². The Kier molecular flexibility index (Phi) is 9.30. The fourth-order valence-corrected chi connectivity index (χ4v) is 3.08. The average molecular weight is 287 g/mol. The molecule has 0 radical (unpaired) electrons. The third-order valence-corrected chi connectivity index (χ3v) is 4.40. The monoisotopic (exact) mass is 287 g/mol. The number of carbonyl (C=O) groups is 1. The van der Waals surface area contributed by atoms with Crippen molar-refractivity contribution in [2.45, 2.75) is 39.2 Å². The highest BCUT2D eigenvalue weighted by atomic mass is 32.2. The Morgan fingerprint density at radius 1 is 1.26 bits per heavy atom. The minimum atomic E-state index is -0.0826. The SMILES string of the molecule is CCCCCNC(=O)C(C)NCCN1CCSCC1. The predicted octanol–water partition coefficient (Wildman–Crippen LogP) is 1.32. The van der Waals surface area contributed by atoms with Crippen molar-refractivity contribution in [2.75, 3.05) is 44.2 Å². The normalized spacial score (nSPS) is 18.2. The van der Waals surface area contributed by atoms with Gasteiger partial charge in [-0.3, -0.25) is 4.79 Å². The number of nitrogens with zero attached hydrogens (tertiary/aromatic N) is 1. The van der Waals surface area contributed by atoms with E-state index in [0.29, 0.717) is 0 Å². The zero-order valence-electron chi connectivity index (χ0n) is 12.4. The summed E-state index contributed by atoms with van der Waals surface area (Å²) in [6.45, 7) is 9.24. The summed E-state index contributed by atoms with van der Waals surface area (Å²) >= 11 is 2.03. The topological polar surface area (TPSA) is 44.4 Å². The maximum absolute atomic E-state index is 11.8. The van der Waals surface area contributed by atoms with Gasteiger partial charge in [0.25, 0.3) is 0 Å². The molecule has 0 bridgehead atoms. The number of unbranched alkanes of at least 4 members (excludes halogenated alkanes) is 2. The summed E-state index contributed by atoms with van der Waals surface area (Å²) < 4.78 is 0. The molecule has 0 spiro atoms. The third kappa shape index (κ3) is 7.80. The summed E-state index contributed by atoms with van der Waals surface area (Å²) in [6, 6.07) is -0.0826. The van der Waals surface area contributed by atoms with Gasteiger partial charge in [-0.05, 0) is 13.3 Å². The summed E-state index contributed by atoms with van der Waals surface area (Å²) in [6.07, 6.45) is 3.47. The van der Waals surface area contributed by atoms with Crippen LogP contribution in [0, 0.1) is 0 Å². The van der Waals surface area contributed by atoms with E-state index in [0.717, 1.165) is 26.1 Å². The van der Waals surface area contributed by atoms with Gasteiger partial charge in [0, 0.05) is 44.2 Å². The molecule has 5 heteroatoms. The maximum Gasteiger partial charge on any atom is 0.236 e. The van der Waals surface area contributed by atoms with E-state index in [2.05, 4.69) is 22.5 Å². The molecule has 1 aliphatic heterocycles. The van der Waals surface area contributed by atoms with E-state index in [1.165, 1.54) is 37.4 Å². The first-order chi connectivity index (χ1) is 9.24. The summed E-state index contributed by atoms with van der Waals surface area (Å²) in [5.41, 5.74) is 0. The fraction of sp³-hybridized carbons (Fsp3) is 0.929. The number of carbonyl (C=O) groups excluding carboxylic acids is 1. The van der Waals surface area contributed by atoms with E-state index in [1.54, 1.807) is 0 Å². The molecule has 1 atom stereocenters. The first kappa shape index (κ1) is 16.8. The molecule has 0 aromatic carbocycles. The molecule has 0 aromatic heterocycles. The van der Waals surface area contributed by atoms with Gasteiger partial charge in [0.15, 0.2) is 0 Å². The Balaban J connectivity index is 2.02. The minimum absolute atomic E-state index is 0.0826. The van der Waals surface area contributed by atoms with Crippen LogP contribution < -0.4 is 10.6 Å². The van der Waals surface area contributed by atoms with E-state index in [4.69, 9.17) is 0 Å². The molecule has 1 amide bonds. The lowest BCUT2D eigenvalue weighted by Crippen LogP contribution is -2.46. The van der Waals surface area contributed by atoms with Gasteiger partial charge in [-0.2, -0.15) is 11.8 Å². The lowest BCUT2D eigenvalue weighted by Gasteiger charge is -2.26. The van der Waals surface area contributed by atoms with Gasteiger partial charge < -0.3 is 15.5 Å². The lowest BCUT2D eigenvalue weighted by atomic mass is 10.2. The van der Waals surface area contributed by atoms with Crippen LogP contribution in [0.3, 0.4) is 0 Å². The molecule has 1 heterocycles. The molecule has 19 heavy (non-hydrogen) atoms. The molecule has 4 nitrogen and oxygen atoms in total. The van der Waals surface area contributed by atoms with Crippen LogP contribution in [0.2, 0.25) is 0 Å². The lowest BCUT2D eigenvalue weighted by molar-refractivity contribution is -0.122. The molecule has 1 unspecified atom stereocenters. The van der Waals surface area contributed by atoms with Crippen LogP contribution in [0.4, 0.5) is 0 Å². The van der Waals surface area contributed by atoms with E-state index >= 15 is 0 Å². The molecular formula is C14H29N3OS. The fourth-order valence-electron chi connectivity index (χ4n) is 2.10. The van der Waals surface area contributed by atoms with Crippen molar-refractivity contribution in [3.8, 4) is 0 Å². The van der Waals surface area contributed by atoms with Crippen molar-refractivity contribution in [1.82, 2.24) is 15.5 Å². The zero-order chi connectivity index (χ0) is 13.9. The van der Waals surface area contributed by atoms with Gasteiger partial charge in [-0.15, -0.1) is 0 Å². The van der Waals surface area contributed by atoms with Crippen molar-refractivity contribution < 1.29 is 4.79 Å². The molecule has 2 N–H and O–H groups in total. The minimum Gasteiger partial charge on any atom is -0.355 e. The maximum atomic E-state index is 11.8. The van der Waals surface area contributed by atoms with Crippen LogP contribution >= 0.6 is 11.8 Å². The second kappa shape index (κ2) is 10.5. The average Bonchev–Trinajstić information content (AvgIpc) is 2.44. The Morgan fingerprint density at radius 2 is 2.00 bits per heavy atom. The van der Waals surface area contributed by atoms with Crippen LogP contribution in [-0.2, 0) is 4.79 Å². The van der Waals surface area contributed by atoms with Gasteiger partial charge >= 0.3 is 0 Å². The Hall–Kier alpha value is -0.260. The summed E-state index contributed by atoms with van der Waals surface area (Å²) in [5.74, 6) is 2.62. The zero-order valence-corrected chi connectivity index (χ0v) is 13.2. The highest BCUT2D eigenvalue weighted by molar-refractivity contribution is 7.99. The molecule has 112 valence electrons. The molecule has 1 aliphatic rings. The second-order valence-electron chi connectivity index (χ2n) is 5.13. The van der Waals surface area contributed by atoms with Crippen LogP contribution in [0.1, 0.15) is 33.1 Å². The standard InChI is InChI=1S/C14H29N3OS/c1-3-4-5-6-16-14(18)13(2)15-7-8-17-9-11-19-12-10-17/h13,15H,3-12H2,1-2H3,(H,16,18). The molecule has 1 fully saturated rings. The van der Waals surface area contributed by atoms with E-state index in [1.807, 2.05) is 18.7 Å². The van der Waals surface area contributed by atoms with E-state index in [9.17, 15) is 4.79 Å². The second-order valence-corrected chi connectivity index (χ2v) is 6.35. The Morgan fingerprint density at radius 3 is 2.68 bits per heavy atom. The highest BCUT2D eigenvalue weighted by Gasteiger charge is 2.13. The van der Waals surface area contributed by atoms with Crippen LogP contribution in [-0.4, -0.2) is 61.1 Å². The summed E-state index contributed by atoms with van der Waals surface area (Å²) in [5, 5.41) is 6.30. The Bertz CT molecular complexity index is 245. The van der Waals surface area contributed by atoms with Gasteiger partial charge in [0.05, 0.1) is 6.04 Å². The van der Waals surface area contributed by atoms with Crippen molar-refractivity contribution in [3.63, 3.8) is 0 Å². The summed E-state index contributed by atoms with van der Waals surface area (Å²) in [7, 11) is 0. The number of amides is 1. The largest absolute Gasteiger partial charge is 0.355 e. The summed E-state index contributed by atoms with van der Waals surface area (Å²) in [4.78, 5) is 14.3. The third-order valence-electron chi connectivity index (χ3n) is 3.46. The van der Waals surface area contributed by atoms with Gasteiger partial charge in [0.2, 0.25) is 5.91 Å². The number of rotatable bonds is 9. The highest BCUT2D eigenvalue weighted by Crippen LogP contribution is 2.07. The number of thioether (sulfide) groups is 1. The molecule has 1 saturated heterocycles. The molecule has 0 aromatic rings. The van der Waals surface area contributed by atoms with Crippen LogP contribution in [0.15, 0.2) is 0 Å². The van der Waals surface area contributed by atoms with Gasteiger partial charge in [0.1, 0.15) is 0 Å². The van der Waals surface area contributed by atoms with Gasteiger partial charge in [-0.1, -0.05) is 19.8 Å². The Labute approximate surface area is 122 Å². The molecule has 0 saturated carbocycles. The van der Waals surface area contributed by atoms with Crippen LogP contribution in [0.5, 0.6) is 0 Å². The molecule has 1 rings (SSSR count). The first-order valence-electron chi connectivity index (χ1n) is 7.55. The smallest absolute Gasteiger partial charge is 0.236 e. The van der Waals surface area contributed by atoms with Crippen molar-refractivity contribution in [3.05, 3.63) is 0 Å². The van der Waals surface area contributed by atoms with Crippen molar-refractivity contribution in [1.29, 1.82) is 0 Å². The number of hydrogen-bond donors (Lipinski definition) is 2. The predicted molar refractivity (Wildman–Crippen MR) is 83.8 cm³/mol. The van der Waals surface area contributed by atoms with E-state index in [-0.39, 0.29) is 11.9 Å². The number of nitrogens with one attached hydrogen (secondary N) is 2. The van der Waals surface area contributed by atoms with E-state index < -0.39 is 0 Å². The number of hydrogen-bond acceptors (Lipinski definition) is 4.